The van der Waals surface area contributed by atoms with Crippen molar-refractivity contribution in [1.82, 2.24) is 19.7 Å². The number of hydrogen-bond acceptors (Lipinski definition) is 5. The van der Waals surface area contributed by atoms with Crippen LogP contribution < -0.4 is 5.32 Å². The maximum atomic E-state index is 5.13. The fourth-order valence-electron chi connectivity index (χ4n) is 2.00. The van der Waals surface area contributed by atoms with Gasteiger partial charge in [0.2, 0.25) is 0 Å². The molecule has 20 heavy (non-hydrogen) atoms. The van der Waals surface area contributed by atoms with Crippen LogP contribution in [0.1, 0.15) is 29.7 Å². The molecule has 6 nitrogen and oxygen atoms in total. The van der Waals surface area contributed by atoms with Gasteiger partial charge in [-0.05, 0) is 33.3 Å². The van der Waals surface area contributed by atoms with Crippen LogP contribution in [0, 0.1) is 20.8 Å². The van der Waals surface area contributed by atoms with Crippen molar-refractivity contribution in [3.63, 3.8) is 0 Å². The van der Waals surface area contributed by atoms with E-state index < -0.39 is 0 Å². The van der Waals surface area contributed by atoms with Gasteiger partial charge in [-0.1, -0.05) is 0 Å². The van der Waals surface area contributed by atoms with Crippen LogP contribution in [0.3, 0.4) is 0 Å². The highest BCUT2D eigenvalue weighted by Gasteiger charge is 2.12. The van der Waals surface area contributed by atoms with Gasteiger partial charge in [-0.3, -0.25) is 0 Å². The normalized spacial score (nSPS) is 10.8. The molecule has 0 aromatic carbocycles. The molecular weight excluding hydrogens is 254 g/mol. The van der Waals surface area contributed by atoms with E-state index in [0.29, 0.717) is 12.4 Å². The Morgan fingerprint density at radius 2 is 2.00 bits per heavy atom. The van der Waals surface area contributed by atoms with E-state index in [1.54, 1.807) is 7.11 Å². The Labute approximate surface area is 119 Å². The highest BCUT2D eigenvalue weighted by Crippen LogP contribution is 2.17. The van der Waals surface area contributed by atoms with E-state index >= 15 is 0 Å². The zero-order valence-electron chi connectivity index (χ0n) is 12.7. The summed E-state index contributed by atoms with van der Waals surface area (Å²) in [4.78, 5) is 8.92. The van der Waals surface area contributed by atoms with Crippen LogP contribution in [0.5, 0.6) is 0 Å². The molecule has 0 unspecified atom stereocenters. The van der Waals surface area contributed by atoms with E-state index in [2.05, 4.69) is 27.3 Å². The lowest BCUT2D eigenvalue weighted by atomic mass is 10.2. The molecule has 0 atom stereocenters. The van der Waals surface area contributed by atoms with Crippen LogP contribution >= 0.6 is 0 Å². The van der Waals surface area contributed by atoms with Crippen LogP contribution in [0.2, 0.25) is 0 Å². The van der Waals surface area contributed by atoms with E-state index in [9.17, 15) is 0 Å². The number of ether oxygens (including phenoxy) is 1. The predicted octanol–water partition coefficient (Wildman–Crippen LogP) is 2.17. The van der Waals surface area contributed by atoms with Gasteiger partial charge in [-0.15, -0.1) is 0 Å². The number of anilines is 1. The number of methoxy groups -OCH3 is 1. The molecule has 0 aliphatic heterocycles. The summed E-state index contributed by atoms with van der Waals surface area (Å²) < 4.78 is 6.98. The Balaban J connectivity index is 2.51. The second kappa shape index (κ2) is 6.00. The van der Waals surface area contributed by atoms with E-state index in [1.165, 1.54) is 5.56 Å². The maximum Gasteiger partial charge on any atom is 0.159 e. The lowest BCUT2D eigenvalue weighted by Gasteiger charge is -2.09. The Hall–Kier alpha value is -1.95. The third-order valence-electron chi connectivity index (χ3n) is 3.26. The molecule has 0 bridgehead atoms. The SMILES string of the molecule is CCNc1cc(-n2nc(C)c(C)c2C)nc(COC)n1. The van der Waals surface area contributed by atoms with Gasteiger partial charge in [0, 0.05) is 25.4 Å². The Bertz CT molecular complexity index is 582. The molecule has 0 radical (unpaired) electrons. The highest BCUT2D eigenvalue weighted by molar-refractivity contribution is 5.43. The molecule has 0 fully saturated rings. The summed E-state index contributed by atoms with van der Waals surface area (Å²) in [6, 6.07) is 1.90. The Kier molecular flexibility index (Phi) is 4.34. The summed E-state index contributed by atoms with van der Waals surface area (Å²) in [7, 11) is 1.64. The first-order valence-corrected chi connectivity index (χ1v) is 6.70. The molecule has 2 aromatic heterocycles. The molecule has 1 N–H and O–H groups in total. The van der Waals surface area contributed by atoms with E-state index in [4.69, 9.17) is 4.74 Å². The van der Waals surface area contributed by atoms with Crippen molar-refractivity contribution in [1.29, 1.82) is 0 Å². The minimum atomic E-state index is 0.379. The molecule has 2 aromatic rings. The molecule has 0 saturated heterocycles. The quantitative estimate of drug-likeness (QED) is 0.906. The van der Waals surface area contributed by atoms with Crippen LogP contribution in [-0.2, 0) is 11.3 Å². The summed E-state index contributed by atoms with van der Waals surface area (Å²) in [5, 5.41) is 7.75. The summed E-state index contributed by atoms with van der Waals surface area (Å²) in [6.07, 6.45) is 0. The standard InChI is InChI=1S/C14H21N5O/c1-6-15-12-7-14(17-13(16-12)8-20-5)19-11(4)9(2)10(3)18-19/h7H,6,8H2,1-5H3,(H,15,16,17). The molecule has 2 heterocycles. The van der Waals surface area contributed by atoms with Crippen molar-refractivity contribution in [3.05, 3.63) is 28.8 Å². The second-order valence-corrected chi connectivity index (χ2v) is 4.70. The molecule has 6 heteroatoms. The van der Waals surface area contributed by atoms with Crippen LogP contribution in [0.15, 0.2) is 6.07 Å². The molecular formula is C14H21N5O. The minimum absolute atomic E-state index is 0.379. The number of nitrogens with one attached hydrogen (secondary N) is 1. The highest BCUT2D eigenvalue weighted by atomic mass is 16.5. The first kappa shape index (κ1) is 14.5. The van der Waals surface area contributed by atoms with Gasteiger partial charge >= 0.3 is 0 Å². The smallest absolute Gasteiger partial charge is 0.159 e. The molecule has 108 valence electrons. The van der Waals surface area contributed by atoms with E-state index in [0.717, 1.165) is 29.6 Å². The van der Waals surface area contributed by atoms with Gasteiger partial charge in [0.1, 0.15) is 12.4 Å². The zero-order valence-corrected chi connectivity index (χ0v) is 12.7. The van der Waals surface area contributed by atoms with Crippen molar-refractivity contribution < 1.29 is 4.74 Å². The fourth-order valence-corrected chi connectivity index (χ4v) is 2.00. The molecule has 0 aliphatic rings. The monoisotopic (exact) mass is 275 g/mol. The maximum absolute atomic E-state index is 5.13. The average Bonchev–Trinajstić information content (AvgIpc) is 2.67. The fraction of sp³-hybridized carbons (Fsp3) is 0.500. The van der Waals surface area contributed by atoms with Crippen molar-refractivity contribution in [2.45, 2.75) is 34.3 Å². The summed E-state index contributed by atoms with van der Waals surface area (Å²) in [5.74, 6) is 2.19. The van der Waals surface area contributed by atoms with Crippen LogP contribution in [0.25, 0.3) is 5.82 Å². The largest absolute Gasteiger partial charge is 0.377 e. The second-order valence-electron chi connectivity index (χ2n) is 4.70. The molecule has 2 rings (SSSR count). The molecule has 0 saturated carbocycles. The number of aryl methyl sites for hydroxylation is 1. The van der Waals surface area contributed by atoms with Crippen molar-refractivity contribution >= 4 is 5.82 Å². The number of aromatic nitrogens is 4. The first-order chi connectivity index (χ1) is 9.56. The van der Waals surface area contributed by atoms with Gasteiger partial charge in [0.05, 0.1) is 5.69 Å². The summed E-state index contributed by atoms with van der Waals surface area (Å²) in [6.45, 7) is 9.33. The van der Waals surface area contributed by atoms with Crippen LogP contribution in [-0.4, -0.2) is 33.4 Å². The van der Waals surface area contributed by atoms with Gasteiger partial charge in [0.15, 0.2) is 11.6 Å². The molecule has 0 aliphatic carbocycles. The third-order valence-corrected chi connectivity index (χ3v) is 3.26. The van der Waals surface area contributed by atoms with Crippen molar-refractivity contribution in [2.75, 3.05) is 19.0 Å². The number of nitrogens with zero attached hydrogens (tertiary/aromatic N) is 4. The molecule has 0 spiro atoms. The van der Waals surface area contributed by atoms with Gasteiger partial charge < -0.3 is 10.1 Å². The lowest BCUT2D eigenvalue weighted by Crippen LogP contribution is -2.10. The number of rotatable bonds is 5. The van der Waals surface area contributed by atoms with E-state index in [-0.39, 0.29) is 0 Å². The Morgan fingerprint density at radius 3 is 2.55 bits per heavy atom. The molecule has 0 amide bonds. The number of hydrogen-bond donors (Lipinski definition) is 1. The minimum Gasteiger partial charge on any atom is -0.377 e. The van der Waals surface area contributed by atoms with Gasteiger partial charge in [-0.25, -0.2) is 14.6 Å². The summed E-state index contributed by atoms with van der Waals surface area (Å²) >= 11 is 0. The third kappa shape index (κ3) is 2.80. The first-order valence-electron chi connectivity index (χ1n) is 6.70. The lowest BCUT2D eigenvalue weighted by molar-refractivity contribution is 0.178. The van der Waals surface area contributed by atoms with Gasteiger partial charge in [0.25, 0.3) is 0 Å². The average molecular weight is 275 g/mol. The summed E-state index contributed by atoms with van der Waals surface area (Å²) in [5.41, 5.74) is 3.29. The predicted molar refractivity (Wildman–Crippen MR) is 78.2 cm³/mol. The Morgan fingerprint density at radius 1 is 1.25 bits per heavy atom. The van der Waals surface area contributed by atoms with Crippen molar-refractivity contribution in [2.24, 2.45) is 0 Å². The zero-order chi connectivity index (χ0) is 14.7. The van der Waals surface area contributed by atoms with Gasteiger partial charge in [-0.2, -0.15) is 5.10 Å². The van der Waals surface area contributed by atoms with Crippen molar-refractivity contribution in [3.8, 4) is 5.82 Å². The topological polar surface area (TPSA) is 64.9 Å². The van der Waals surface area contributed by atoms with E-state index in [1.807, 2.05) is 31.5 Å². The van der Waals surface area contributed by atoms with Crippen LogP contribution in [0.4, 0.5) is 5.82 Å².